The smallest absolute Gasteiger partial charge is 0.132 e. The SMILES string of the molecule is CCC(C=O)(c1ccccn1)C(C)C. The summed E-state index contributed by atoms with van der Waals surface area (Å²) in [5, 5.41) is 0. The van der Waals surface area contributed by atoms with Crippen molar-refractivity contribution in [3.63, 3.8) is 0 Å². The summed E-state index contributed by atoms with van der Waals surface area (Å²) in [6.45, 7) is 6.15. The second-order valence-corrected chi connectivity index (χ2v) is 3.88. The number of nitrogens with zero attached hydrogens (tertiary/aromatic N) is 1. The van der Waals surface area contributed by atoms with Crippen molar-refractivity contribution in [3.05, 3.63) is 30.1 Å². The van der Waals surface area contributed by atoms with Gasteiger partial charge in [0.05, 0.1) is 11.1 Å². The number of carbonyl (C=O) groups excluding carboxylic acids is 1. The molecule has 1 heterocycles. The predicted octanol–water partition coefficient (Wildman–Crippen LogP) is 2.58. The van der Waals surface area contributed by atoms with Crippen LogP contribution in [0, 0.1) is 5.92 Å². The molecular formula is C12H17NO. The fourth-order valence-electron chi connectivity index (χ4n) is 1.80. The first-order valence-corrected chi connectivity index (χ1v) is 5.05. The Morgan fingerprint density at radius 1 is 1.50 bits per heavy atom. The molecule has 1 unspecified atom stereocenters. The molecule has 1 aromatic heterocycles. The molecule has 14 heavy (non-hydrogen) atoms. The first-order valence-electron chi connectivity index (χ1n) is 5.05. The Bertz CT molecular complexity index is 294. The molecule has 0 amide bonds. The van der Waals surface area contributed by atoms with Gasteiger partial charge in [-0.25, -0.2) is 0 Å². The molecule has 0 spiro atoms. The van der Waals surface area contributed by atoms with Gasteiger partial charge in [-0.2, -0.15) is 0 Å². The van der Waals surface area contributed by atoms with Crippen LogP contribution in [0.5, 0.6) is 0 Å². The van der Waals surface area contributed by atoms with E-state index in [0.717, 1.165) is 18.4 Å². The van der Waals surface area contributed by atoms with Gasteiger partial charge in [0.1, 0.15) is 6.29 Å². The van der Waals surface area contributed by atoms with E-state index in [1.165, 1.54) is 0 Å². The van der Waals surface area contributed by atoms with Crippen molar-refractivity contribution >= 4 is 6.29 Å². The molecule has 1 atom stereocenters. The van der Waals surface area contributed by atoms with Crippen LogP contribution in [0.15, 0.2) is 24.4 Å². The maximum atomic E-state index is 11.3. The molecule has 0 saturated carbocycles. The number of hydrogen-bond acceptors (Lipinski definition) is 2. The van der Waals surface area contributed by atoms with Crippen LogP contribution < -0.4 is 0 Å². The minimum absolute atomic E-state index is 0.278. The highest BCUT2D eigenvalue weighted by Crippen LogP contribution is 2.31. The molecule has 0 N–H and O–H groups in total. The lowest BCUT2D eigenvalue weighted by atomic mass is 9.73. The Kier molecular flexibility index (Phi) is 3.39. The first-order chi connectivity index (χ1) is 6.67. The standard InChI is InChI=1S/C12H17NO/c1-4-12(9-14,10(2)3)11-7-5-6-8-13-11/h5-10H,4H2,1-3H3. The van der Waals surface area contributed by atoms with Crippen LogP contribution in [-0.2, 0) is 10.2 Å². The lowest BCUT2D eigenvalue weighted by molar-refractivity contribution is -0.114. The van der Waals surface area contributed by atoms with Crippen LogP contribution in [0.1, 0.15) is 32.9 Å². The number of pyridine rings is 1. The van der Waals surface area contributed by atoms with E-state index in [1.807, 2.05) is 25.1 Å². The number of aldehydes is 1. The van der Waals surface area contributed by atoms with Gasteiger partial charge >= 0.3 is 0 Å². The molecule has 0 bridgehead atoms. The van der Waals surface area contributed by atoms with Gasteiger partial charge in [0.15, 0.2) is 0 Å². The zero-order chi connectivity index (χ0) is 10.6. The highest BCUT2D eigenvalue weighted by molar-refractivity contribution is 5.67. The number of carbonyl (C=O) groups is 1. The van der Waals surface area contributed by atoms with Crippen molar-refractivity contribution in [2.45, 2.75) is 32.6 Å². The van der Waals surface area contributed by atoms with Crippen LogP contribution in [0.4, 0.5) is 0 Å². The molecule has 2 heteroatoms. The van der Waals surface area contributed by atoms with E-state index in [1.54, 1.807) is 6.20 Å². The van der Waals surface area contributed by atoms with Crippen molar-refractivity contribution in [1.82, 2.24) is 4.98 Å². The van der Waals surface area contributed by atoms with Crippen LogP contribution in [0.3, 0.4) is 0 Å². The van der Waals surface area contributed by atoms with Gasteiger partial charge in [0.25, 0.3) is 0 Å². The van der Waals surface area contributed by atoms with Gasteiger partial charge in [-0.1, -0.05) is 26.8 Å². The van der Waals surface area contributed by atoms with Crippen molar-refractivity contribution in [1.29, 1.82) is 0 Å². The molecule has 0 aliphatic carbocycles. The van der Waals surface area contributed by atoms with Crippen molar-refractivity contribution in [2.75, 3.05) is 0 Å². The second-order valence-electron chi connectivity index (χ2n) is 3.88. The largest absolute Gasteiger partial charge is 0.302 e. The molecule has 2 nitrogen and oxygen atoms in total. The van der Waals surface area contributed by atoms with Crippen molar-refractivity contribution in [3.8, 4) is 0 Å². The third kappa shape index (κ3) is 1.69. The molecule has 0 radical (unpaired) electrons. The second kappa shape index (κ2) is 4.36. The summed E-state index contributed by atoms with van der Waals surface area (Å²) in [4.78, 5) is 15.5. The minimum atomic E-state index is -0.415. The highest BCUT2D eigenvalue weighted by atomic mass is 16.1. The molecule has 1 aromatic rings. The topological polar surface area (TPSA) is 30.0 Å². The van der Waals surface area contributed by atoms with Crippen LogP contribution in [0.25, 0.3) is 0 Å². The third-order valence-electron chi connectivity index (χ3n) is 2.97. The Hall–Kier alpha value is -1.18. The molecule has 0 aliphatic rings. The molecule has 76 valence electrons. The van der Waals surface area contributed by atoms with E-state index < -0.39 is 5.41 Å². The average Bonchev–Trinajstić information content (AvgIpc) is 2.22. The zero-order valence-electron chi connectivity index (χ0n) is 9.03. The lowest BCUT2D eigenvalue weighted by Crippen LogP contribution is -2.34. The van der Waals surface area contributed by atoms with Crippen LogP contribution in [0.2, 0.25) is 0 Å². The van der Waals surface area contributed by atoms with E-state index in [2.05, 4.69) is 18.8 Å². The normalized spacial score (nSPS) is 15.1. The molecule has 1 rings (SSSR count). The van der Waals surface area contributed by atoms with Gasteiger partial charge in [-0.15, -0.1) is 0 Å². The van der Waals surface area contributed by atoms with Gasteiger partial charge in [0, 0.05) is 6.20 Å². The molecule has 0 aromatic carbocycles. The highest BCUT2D eigenvalue weighted by Gasteiger charge is 2.34. The molecular weight excluding hydrogens is 174 g/mol. The Balaban J connectivity index is 3.17. The minimum Gasteiger partial charge on any atom is -0.302 e. The number of rotatable bonds is 4. The number of hydrogen-bond donors (Lipinski definition) is 0. The Morgan fingerprint density at radius 3 is 2.57 bits per heavy atom. The van der Waals surface area contributed by atoms with Crippen molar-refractivity contribution in [2.24, 2.45) is 5.92 Å². The van der Waals surface area contributed by atoms with E-state index in [4.69, 9.17) is 0 Å². The van der Waals surface area contributed by atoms with Crippen LogP contribution in [-0.4, -0.2) is 11.3 Å². The predicted molar refractivity (Wildman–Crippen MR) is 57.1 cm³/mol. The van der Waals surface area contributed by atoms with Gasteiger partial charge in [0.2, 0.25) is 0 Å². The van der Waals surface area contributed by atoms with Crippen molar-refractivity contribution < 1.29 is 4.79 Å². The number of aromatic nitrogens is 1. The fraction of sp³-hybridized carbons (Fsp3) is 0.500. The third-order valence-corrected chi connectivity index (χ3v) is 2.97. The Morgan fingerprint density at radius 2 is 2.21 bits per heavy atom. The van der Waals surface area contributed by atoms with E-state index in [9.17, 15) is 4.79 Å². The fourth-order valence-corrected chi connectivity index (χ4v) is 1.80. The zero-order valence-corrected chi connectivity index (χ0v) is 9.03. The van der Waals surface area contributed by atoms with E-state index in [-0.39, 0.29) is 5.92 Å². The first kappa shape index (κ1) is 10.9. The lowest BCUT2D eigenvalue weighted by Gasteiger charge is -2.30. The summed E-state index contributed by atoms with van der Waals surface area (Å²) in [6, 6.07) is 5.73. The van der Waals surface area contributed by atoms with E-state index in [0.29, 0.717) is 0 Å². The molecule has 0 aliphatic heterocycles. The van der Waals surface area contributed by atoms with Gasteiger partial charge in [-0.05, 0) is 24.5 Å². The van der Waals surface area contributed by atoms with Crippen LogP contribution >= 0.6 is 0 Å². The summed E-state index contributed by atoms with van der Waals surface area (Å²) >= 11 is 0. The van der Waals surface area contributed by atoms with Gasteiger partial charge < -0.3 is 4.79 Å². The maximum Gasteiger partial charge on any atom is 0.132 e. The quantitative estimate of drug-likeness (QED) is 0.685. The average molecular weight is 191 g/mol. The van der Waals surface area contributed by atoms with E-state index >= 15 is 0 Å². The monoisotopic (exact) mass is 191 g/mol. The summed E-state index contributed by atoms with van der Waals surface area (Å²) in [5.41, 5.74) is 0.467. The molecule has 0 saturated heterocycles. The summed E-state index contributed by atoms with van der Waals surface area (Å²) in [6.07, 6.45) is 3.58. The molecule has 0 fully saturated rings. The van der Waals surface area contributed by atoms with Gasteiger partial charge in [-0.3, -0.25) is 4.98 Å². The summed E-state index contributed by atoms with van der Waals surface area (Å²) in [7, 11) is 0. The summed E-state index contributed by atoms with van der Waals surface area (Å²) in [5.74, 6) is 0.278. The maximum absolute atomic E-state index is 11.3. The summed E-state index contributed by atoms with van der Waals surface area (Å²) < 4.78 is 0. The Labute approximate surface area is 85.4 Å².